The molecule has 0 saturated carbocycles. The third kappa shape index (κ3) is 6.84. The number of nitrogens with one attached hydrogen (secondary N) is 1. The van der Waals surface area contributed by atoms with Gasteiger partial charge in [-0.1, -0.05) is 78.3 Å². The van der Waals surface area contributed by atoms with Crippen molar-refractivity contribution in [2.24, 2.45) is 0 Å². The van der Waals surface area contributed by atoms with Crippen molar-refractivity contribution in [2.45, 2.75) is 32.6 Å². The number of halogens is 1. The monoisotopic (exact) mass is 393 g/mol. The first-order chi connectivity index (χ1) is 13.7. The highest BCUT2D eigenvalue weighted by atomic mass is 35.5. The zero-order chi connectivity index (χ0) is 19.6. The number of aryl methyl sites for hydroxylation is 1. The minimum atomic E-state index is 0.0465. The molecule has 0 aliphatic heterocycles. The normalized spacial score (nSPS) is 10.6. The summed E-state index contributed by atoms with van der Waals surface area (Å²) in [5.41, 5.74) is 4.47. The Balaban J connectivity index is 1.36. The summed E-state index contributed by atoms with van der Waals surface area (Å²) >= 11 is 5.87. The molecule has 3 nitrogen and oxygen atoms in total. The number of benzene rings is 3. The molecule has 3 aromatic rings. The first kappa shape index (κ1) is 20.1. The lowest BCUT2D eigenvalue weighted by Crippen LogP contribution is -2.22. The van der Waals surface area contributed by atoms with Crippen LogP contribution in [0.3, 0.4) is 0 Å². The van der Waals surface area contributed by atoms with E-state index in [0.717, 1.165) is 16.7 Å². The Kier molecular flexibility index (Phi) is 7.65. The van der Waals surface area contributed by atoms with Crippen LogP contribution in [0.2, 0.25) is 5.02 Å². The highest BCUT2D eigenvalue weighted by molar-refractivity contribution is 6.30. The molecular weight excluding hydrogens is 370 g/mol. The standard InChI is InChI=1S/C24H24ClNO2/c25-23-13-10-19(11-14-23)12-15-24(27)26-16-20-6-8-22(9-7-20)18-28-17-21-4-2-1-3-5-21/h1-11,13-14H,12,15-18H2,(H,26,27). The van der Waals surface area contributed by atoms with E-state index in [-0.39, 0.29) is 5.91 Å². The van der Waals surface area contributed by atoms with Crippen LogP contribution < -0.4 is 5.32 Å². The van der Waals surface area contributed by atoms with Crippen LogP contribution in [-0.2, 0) is 35.7 Å². The van der Waals surface area contributed by atoms with Gasteiger partial charge in [-0.25, -0.2) is 0 Å². The maximum absolute atomic E-state index is 12.0. The second kappa shape index (κ2) is 10.6. The lowest BCUT2D eigenvalue weighted by molar-refractivity contribution is -0.121. The summed E-state index contributed by atoms with van der Waals surface area (Å²) in [6.07, 6.45) is 1.17. The maximum Gasteiger partial charge on any atom is 0.220 e. The number of rotatable bonds is 9. The summed E-state index contributed by atoms with van der Waals surface area (Å²) < 4.78 is 5.75. The summed E-state index contributed by atoms with van der Waals surface area (Å²) in [4.78, 5) is 12.0. The number of hydrogen-bond acceptors (Lipinski definition) is 2. The quantitative estimate of drug-likeness (QED) is 0.535. The Hall–Kier alpha value is -2.62. The summed E-state index contributed by atoms with van der Waals surface area (Å²) in [7, 11) is 0. The van der Waals surface area contributed by atoms with Gasteiger partial charge in [0.2, 0.25) is 5.91 Å². The minimum Gasteiger partial charge on any atom is -0.372 e. The number of carbonyl (C=O) groups is 1. The molecule has 0 aliphatic rings. The first-order valence-corrected chi connectivity index (χ1v) is 9.77. The average molecular weight is 394 g/mol. The van der Waals surface area contributed by atoms with Crippen LogP contribution in [0.15, 0.2) is 78.9 Å². The fourth-order valence-corrected chi connectivity index (χ4v) is 2.94. The van der Waals surface area contributed by atoms with E-state index in [2.05, 4.69) is 17.4 Å². The Morgan fingerprint density at radius 2 is 1.32 bits per heavy atom. The Bertz CT molecular complexity index is 861. The molecule has 1 amide bonds. The molecule has 0 aromatic heterocycles. The van der Waals surface area contributed by atoms with Crippen molar-refractivity contribution in [2.75, 3.05) is 0 Å². The van der Waals surface area contributed by atoms with Gasteiger partial charge in [0.25, 0.3) is 0 Å². The van der Waals surface area contributed by atoms with E-state index >= 15 is 0 Å². The van der Waals surface area contributed by atoms with E-state index in [1.165, 1.54) is 5.56 Å². The van der Waals surface area contributed by atoms with Gasteiger partial charge in [-0.05, 0) is 40.8 Å². The maximum atomic E-state index is 12.0. The molecule has 0 atom stereocenters. The predicted molar refractivity (Wildman–Crippen MR) is 113 cm³/mol. The van der Waals surface area contributed by atoms with Crippen molar-refractivity contribution in [3.05, 3.63) is 106 Å². The number of hydrogen-bond donors (Lipinski definition) is 1. The molecular formula is C24H24ClNO2. The lowest BCUT2D eigenvalue weighted by atomic mass is 10.1. The van der Waals surface area contributed by atoms with Crippen LogP contribution in [0.4, 0.5) is 0 Å². The van der Waals surface area contributed by atoms with Crippen molar-refractivity contribution in [1.29, 1.82) is 0 Å². The van der Waals surface area contributed by atoms with Crippen LogP contribution in [-0.4, -0.2) is 5.91 Å². The molecule has 0 aliphatic carbocycles. The van der Waals surface area contributed by atoms with Crippen molar-refractivity contribution >= 4 is 17.5 Å². The van der Waals surface area contributed by atoms with Crippen molar-refractivity contribution in [1.82, 2.24) is 5.32 Å². The van der Waals surface area contributed by atoms with Crippen LogP contribution in [0.5, 0.6) is 0 Å². The molecule has 4 heteroatoms. The first-order valence-electron chi connectivity index (χ1n) is 9.40. The van der Waals surface area contributed by atoms with E-state index in [0.29, 0.717) is 37.6 Å². The molecule has 0 bridgehead atoms. The van der Waals surface area contributed by atoms with E-state index in [4.69, 9.17) is 16.3 Å². The molecule has 28 heavy (non-hydrogen) atoms. The molecule has 1 N–H and O–H groups in total. The fraction of sp³-hybridized carbons (Fsp3) is 0.208. The third-order valence-corrected chi connectivity index (χ3v) is 4.70. The van der Waals surface area contributed by atoms with Gasteiger partial charge < -0.3 is 10.1 Å². The minimum absolute atomic E-state index is 0.0465. The Labute approximate surface area is 171 Å². The second-order valence-electron chi connectivity index (χ2n) is 6.70. The Morgan fingerprint density at radius 1 is 0.750 bits per heavy atom. The van der Waals surface area contributed by atoms with Gasteiger partial charge in [-0.3, -0.25) is 4.79 Å². The SMILES string of the molecule is O=C(CCc1ccc(Cl)cc1)NCc1ccc(COCc2ccccc2)cc1. The van der Waals surface area contributed by atoms with Crippen LogP contribution in [0, 0.1) is 0 Å². The molecule has 0 saturated heterocycles. The fourth-order valence-electron chi connectivity index (χ4n) is 2.81. The second-order valence-corrected chi connectivity index (χ2v) is 7.13. The van der Waals surface area contributed by atoms with E-state index in [1.54, 1.807) is 0 Å². The molecule has 144 valence electrons. The Morgan fingerprint density at radius 3 is 2.00 bits per heavy atom. The van der Waals surface area contributed by atoms with Gasteiger partial charge in [0.1, 0.15) is 0 Å². The summed E-state index contributed by atoms with van der Waals surface area (Å²) in [5.74, 6) is 0.0465. The number of carbonyl (C=O) groups excluding carboxylic acids is 1. The summed E-state index contributed by atoms with van der Waals surface area (Å²) in [6, 6.07) is 25.9. The summed E-state index contributed by atoms with van der Waals surface area (Å²) in [6.45, 7) is 1.71. The molecule has 0 radical (unpaired) electrons. The van der Waals surface area contributed by atoms with Gasteiger partial charge >= 0.3 is 0 Å². The zero-order valence-corrected chi connectivity index (χ0v) is 16.5. The molecule has 0 fully saturated rings. The summed E-state index contributed by atoms with van der Waals surface area (Å²) in [5, 5.41) is 3.68. The number of ether oxygens (including phenoxy) is 1. The molecule has 0 spiro atoms. The third-order valence-electron chi connectivity index (χ3n) is 4.45. The highest BCUT2D eigenvalue weighted by Crippen LogP contribution is 2.11. The van der Waals surface area contributed by atoms with Crippen LogP contribution in [0.25, 0.3) is 0 Å². The van der Waals surface area contributed by atoms with Crippen molar-refractivity contribution in [3.63, 3.8) is 0 Å². The number of amides is 1. The van der Waals surface area contributed by atoms with Crippen LogP contribution in [0.1, 0.15) is 28.7 Å². The predicted octanol–water partition coefficient (Wildman–Crippen LogP) is 5.31. The van der Waals surface area contributed by atoms with Gasteiger partial charge in [0.05, 0.1) is 13.2 Å². The molecule has 0 heterocycles. The largest absolute Gasteiger partial charge is 0.372 e. The van der Waals surface area contributed by atoms with Gasteiger partial charge in [-0.2, -0.15) is 0 Å². The van der Waals surface area contributed by atoms with E-state index in [1.807, 2.05) is 66.7 Å². The van der Waals surface area contributed by atoms with Gasteiger partial charge in [0.15, 0.2) is 0 Å². The average Bonchev–Trinajstić information content (AvgIpc) is 2.73. The molecule has 0 unspecified atom stereocenters. The zero-order valence-electron chi connectivity index (χ0n) is 15.7. The topological polar surface area (TPSA) is 38.3 Å². The lowest BCUT2D eigenvalue weighted by Gasteiger charge is -2.08. The van der Waals surface area contributed by atoms with Gasteiger partial charge in [0, 0.05) is 18.0 Å². The smallest absolute Gasteiger partial charge is 0.220 e. The van der Waals surface area contributed by atoms with Crippen LogP contribution >= 0.6 is 11.6 Å². The van der Waals surface area contributed by atoms with E-state index in [9.17, 15) is 4.79 Å². The van der Waals surface area contributed by atoms with Crippen molar-refractivity contribution < 1.29 is 9.53 Å². The van der Waals surface area contributed by atoms with E-state index < -0.39 is 0 Å². The molecule has 3 rings (SSSR count). The van der Waals surface area contributed by atoms with Crippen molar-refractivity contribution in [3.8, 4) is 0 Å². The van der Waals surface area contributed by atoms with Gasteiger partial charge in [-0.15, -0.1) is 0 Å². The highest BCUT2D eigenvalue weighted by Gasteiger charge is 2.03. The molecule has 3 aromatic carbocycles.